The molecule has 1 saturated carbocycles. The van der Waals surface area contributed by atoms with Crippen LogP contribution in [0.5, 0.6) is 0 Å². The summed E-state index contributed by atoms with van der Waals surface area (Å²) in [5.41, 5.74) is -2.03. The highest BCUT2D eigenvalue weighted by Gasteiger charge is 2.54. The van der Waals surface area contributed by atoms with E-state index < -0.39 is 36.1 Å². The van der Waals surface area contributed by atoms with Gasteiger partial charge in [-0.15, -0.1) is 0 Å². The summed E-state index contributed by atoms with van der Waals surface area (Å²) in [5, 5.41) is 55.3. The van der Waals surface area contributed by atoms with Gasteiger partial charge in [0, 0.05) is 0 Å². The Bertz CT molecular complexity index is 175. The number of aliphatic hydroxyl groups excluding tert-OH is 5. The molecule has 0 aromatic rings. The number of hydrogen-bond acceptors (Lipinski definition) is 6. The van der Waals surface area contributed by atoms with Crippen molar-refractivity contribution in [3.8, 4) is 0 Å². The van der Waals surface area contributed by atoms with Gasteiger partial charge < -0.3 is 30.6 Å². The standard InChI is InChI=1S/C7H14O6/c1-7(13)5(11)3(9)2(8)4(10)6(7)12/h2-6,8-13H,1H3/t2?,3-,4-,5-,6+,7?/m0/s1. The average Bonchev–Trinajstić information content (AvgIpc) is 2.09. The average molecular weight is 194 g/mol. The SMILES string of the molecule is CC1(O)[C@H](O)[C@@H](O)C(O)[C@H](O)[C@@H]1O. The maximum atomic E-state index is 9.44. The van der Waals surface area contributed by atoms with Crippen LogP contribution in [0.1, 0.15) is 6.92 Å². The minimum atomic E-state index is -2.03. The molecule has 2 unspecified atom stereocenters. The lowest BCUT2D eigenvalue weighted by atomic mass is 9.76. The van der Waals surface area contributed by atoms with E-state index in [2.05, 4.69) is 0 Å². The molecule has 6 nitrogen and oxygen atoms in total. The highest BCUT2D eigenvalue weighted by molar-refractivity contribution is 5.05. The molecule has 6 heteroatoms. The van der Waals surface area contributed by atoms with E-state index in [-0.39, 0.29) is 0 Å². The van der Waals surface area contributed by atoms with E-state index in [0.29, 0.717) is 0 Å². The summed E-state index contributed by atoms with van der Waals surface area (Å²) >= 11 is 0. The van der Waals surface area contributed by atoms with Crippen LogP contribution in [0.2, 0.25) is 0 Å². The summed E-state index contributed by atoms with van der Waals surface area (Å²) in [4.78, 5) is 0. The van der Waals surface area contributed by atoms with Crippen LogP contribution in [0.3, 0.4) is 0 Å². The van der Waals surface area contributed by atoms with Crippen molar-refractivity contribution in [1.82, 2.24) is 0 Å². The van der Waals surface area contributed by atoms with Crippen molar-refractivity contribution in [2.24, 2.45) is 0 Å². The molecule has 13 heavy (non-hydrogen) atoms. The van der Waals surface area contributed by atoms with Gasteiger partial charge >= 0.3 is 0 Å². The van der Waals surface area contributed by atoms with Gasteiger partial charge in [0.1, 0.15) is 36.1 Å². The molecule has 6 N–H and O–H groups in total. The second kappa shape index (κ2) is 3.16. The van der Waals surface area contributed by atoms with Gasteiger partial charge in [-0.3, -0.25) is 0 Å². The van der Waals surface area contributed by atoms with Crippen LogP contribution in [0.4, 0.5) is 0 Å². The van der Waals surface area contributed by atoms with E-state index >= 15 is 0 Å². The van der Waals surface area contributed by atoms with Crippen molar-refractivity contribution in [3.05, 3.63) is 0 Å². The molecule has 0 spiro atoms. The number of hydrogen-bond donors (Lipinski definition) is 6. The molecule has 78 valence electrons. The molecule has 1 aliphatic carbocycles. The van der Waals surface area contributed by atoms with Crippen molar-refractivity contribution in [1.29, 1.82) is 0 Å². The maximum Gasteiger partial charge on any atom is 0.119 e. The Morgan fingerprint density at radius 2 is 1.08 bits per heavy atom. The van der Waals surface area contributed by atoms with Crippen molar-refractivity contribution in [2.45, 2.75) is 43.0 Å². The molecule has 6 atom stereocenters. The molecule has 0 aliphatic heterocycles. The fourth-order valence-corrected chi connectivity index (χ4v) is 1.44. The van der Waals surface area contributed by atoms with Gasteiger partial charge in [0.15, 0.2) is 0 Å². The summed E-state index contributed by atoms with van der Waals surface area (Å²) in [6, 6.07) is 0. The summed E-state index contributed by atoms with van der Waals surface area (Å²) in [6.45, 7) is 1.07. The molecule has 0 aromatic carbocycles. The van der Waals surface area contributed by atoms with Gasteiger partial charge in [0.05, 0.1) is 0 Å². The summed E-state index contributed by atoms with van der Waals surface area (Å²) in [5.74, 6) is 0. The van der Waals surface area contributed by atoms with Gasteiger partial charge in [0.25, 0.3) is 0 Å². The largest absolute Gasteiger partial charge is 0.387 e. The molecule has 0 aromatic heterocycles. The zero-order valence-electron chi connectivity index (χ0n) is 7.07. The smallest absolute Gasteiger partial charge is 0.119 e. The summed E-state index contributed by atoms with van der Waals surface area (Å²) in [7, 11) is 0. The lowest BCUT2D eigenvalue weighted by molar-refractivity contribution is -0.261. The lowest BCUT2D eigenvalue weighted by Gasteiger charge is -2.45. The monoisotopic (exact) mass is 194 g/mol. The van der Waals surface area contributed by atoms with Gasteiger partial charge in [-0.2, -0.15) is 0 Å². The Morgan fingerprint density at radius 3 is 1.38 bits per heavy atom. The Hall–Kier alpha value is -0.240. The second-order valence-corrected chi connectivity index (χ2v) is 3.59. The fraction of sp³-hybridized carbons (Fsp3) is 1.00. The first-order chi connectivity index (χ1) is 5.80. The molecule has 0 heterocycles. The Labute approximate surface area is 74.7 Å². The van der Waals surface area contributed by atoms with Crippen LogP contribution in [-0.2, 0) is 0 Å². The minimum absolute atomic E-state index is 1.07. The van der Waals surface area contributed by atoms with Gasteiger partial charge in [-0.1, -0.05) is 0 Å². The van der Waals surface area contributed by atoms with Crippen molar-refractivity contribution in [2.75, 3.05) is 0 Å². The summed E-state index contributed by atoms with van der Waals surface area (Å²) < 4.78 is 0. The zero-order chi connectivity index (χ0) is 10.4. The molecule has 0 saturated heterocycles. The van der Waals surface area contributed by atoms with E-state index in [1.54, 1.807) is 0 Å². The predicted molar refractivity (Wildman–Crippen MR) is 40.7 cm³/mol. The second-order valence-electron chi connectivity index (χ2n) is 3.59. The van der Waals surface area contributed by atoms with E-state index in [9.17, 15) is 15.3 Å². The Kier molecular flexibility index (Phi) is 2.63. The van der Waals surface area contributed by atoms with E-state index in [0.717, 1.165) is 6.92 Å². The number of rotatable bonds is 0. The van der Waals surface area contributed by atoms with Crippen LogP contribution < -0.4 is 0 Å². The van der Waals surface area contributed by atoms with E-state index in [1.165, 1.54) is 0 Å². The molecule has 1 rings (SSSR count). The van der Waals surface area contributed by atoms with Crippen LogP contribution in [-0.4, -0.2) is 66.8 Å². The van der Waals surface area contributed by atoms with E-state index in [4.69, 9.17) is 15.3 Å². The summed E-state index contributed by atoms with van der Waals surface area (Å²) in [6.07, 6.45) is -8.39. The normalized spacial score (nSPS) is 57.9. The van der Waals surface area contributed by atoms with Gasteiger partial charge in [-0.25, -0.2) is 0 Å². The van der Waals surface area contributed by atoms with Crippen LogP contribution in [0.25, 0.3) is 0 Å². The first-order valence-electron chi connectivity index (χ1n) is 3.93. The molecule has 0 amide bonds. The predicted octanol–water partition coefficient (Wildman–Crippen LogP) is -3.44. The Morgan fingerprint density at radius 1 is 0.769 bits per heavy atom. The quantitative estimate of drug-likeness (QED) is 0.238. The highest BCUT2D eigenvalue weighted by Crippen LogP contribution is 2.29. The van der Waals surface area contributed by atoms with Crippen molar-refractivity contribution >= 4 is 0 Å². The molecular weight excluding hydrogens is 180 g/mol. The van der Waals surface area contributed by atoms with Gasteiger partial charge in [0.2, 0.25) is 0 Å². The van der Waals surface area contributed by atoms with E-state index in [1.807, 2.05) is 0 Å². The third kappa shape index (κ3) is 1.45. The van der Waals surface area contributed by atoms with Crippen LogP contribution in [0, 0.1) is 0 Å². The molecular formula is C7H14O6. The van der Waals surface area contributed by atoms with Gasteiger partial charge in [-0.05, 0) is 6.92 Å². The zero-order valence-corrected chi connectivity index (χ0v) is 7.07. The van der Waals surface area contributed by atoms with Crippen molar-refractivity contribution < 1.29 is 30.6 Å². The fourth-order valence-electron chi connectivity index (χ4n) is 1.44. The third-order valence-electron chi connectivity index (χ3n) is 2.54. The van der Waals surface area contributed by atoms with Crippen LogP contribution >= 0.6 is 0 Å². The molecule has 0 radical (unpaired) electrons. The Balaban J connectivity index is 2.93. The molecule has 1 aliphatic rings. The highest BCUT2D eigenvalue weighted by atomic mass is 16.4. The first-order valence-corrected chi connectivity index (χ1v) is 3.93. The lowest BCUT2D eigenvalue weighted by Crippen LogP contribution is -2.69. The first kappa shape index (κ1) is 10.8. The molecule has 0 bridgehead atoms. The minimum Gasteiger partial charge on any atom is -0.387 e. The van der Waals surface area contributed by atoms with Crippen LogP contribution in [0.15, 0.2) is 0 Å². The third-order valence-corrected chi connectivity index (χ3v) is 2.54. The van der Waals surface area contributed by atoms with Crippen molar-refractivity contribution in [3.63, 3.8) is 0 Å². The maximum absolute atomic E-state index is 9.44. The number of aliphatic hydroxyl groups is 6. The topological polar surface area (TPSA) is 121 Å². The molecule has 1 fully saturated rings.